The van der Waals surface area contributed by atoms with Crippen LogP contribution < -0.4 is 0 Å². The molecule has 1 aromatic rings. The highest BCUT2D eigenvalue weighted by atomic mass is 16.5. The van der Waals surface area contributed by atoms with E-state index in [4.69, 9.17) is 4.52 Å². The Balaban J connectivity index is 1.62. The van der Waals surface area contributed by atoms with Gasteiger partial charge in [0.2, 0.25) is 11.8 Å². The van der Waals surface area contributed by atoms with Crippen LogP contribution in [0.1, 0.15) is 57.7 Å². The van der Waals surface area contributed by atoms with Crippen LogP contribution in [0.5, 0.6) is 0 Å². The Morgan fingerprint density at radius 2 is 2.12 bits per heavy atom. The number of rotatable bonds is 5. The second-order valence-electron chi connectivity index (χ2n) is 8.04. The highest BCUT2D eigenvalue weighted by Crippen LogP contribution is 2.39. The summed E-state index contributed by atoms with van der Waals surface area (Å²) in [6.07, 6.45) is 5.22. The highest BCUT2D eigenvalue weighted by Gasteiger charge is 2.41. The van der Waals surface area contributed by atoms with Gasteiger partial charge >= 0.3 is 0 Å². The summed E-state index contributed by atoms with van der Waals surface area (Å²) in [5.74, 6) is 2.38. The molecule has 3 heterocycles. The maximum atomic E-state index is 12.3. The fraction of sp³-hybridized carbons (Fsp3) is 0.833. The molecule has 134 valence electrons. The predicted molar refractivity (Wildman–Crippen MR) is 91.2 cm³/mol. The van der Waals surface area contributed by atoms with Crippen molar-refractivity contribution in [3.8, 4) is 0 Å². The number of piperidine rings is 2. The number of nitrogens with zero attached hydrogens (tertiary/aromatic N) is 4. The van der Waals surface area contributed by atoms with Gasteiger partial charge in [0.25, 0.3) is 0 Å². The Morgan fingerprint density at radius 1 is 1.29 bits per heavy atom. The summed E-state index contributed by atoms with van der Waals surface area (Å²) >= 11 is 0. The summed E-state index contributed by atoms with van der Waals surface area (Å²) in [5.41, 5.74) is 0.252. The number of carbonyl (C=O) groups excluding carboxylic acids is 1. The number of aromatic nitrogens is 2. The Morgan fingerprint density at radius 3 is 2.83 bits per heavy atom. The maximum absolute atomic E-state index is 12.3. The molecule has 6 nitrogen and oxygen atoms in total. The largest absolute Gasteiger partial charge is 0.342 e. The van der Waals surface area contributed by atoms with Crippen molar-refractivity contribution < 1.29 is 9.32 Å². The van der Waals surface area contributed by atoms with Crippen LogP contribution in [-0.2, 0) is 11.3 Å². The van der Waals surface area contributed by atoms with Crippen LogP contribution in [0, 0.1) is 18.3 Å². The van der Waals surface area contributed by atoms with Gasteiger partial charge in [0.15, 0.2) is 5.82 Å². The molecule has 2 aliphatic heterocycles. The second kappa shape index (κ2) is 7.21. The van der Waals surface area contributed by atoms with Crippen molar-refractivity contribution in [1.82, 2.24) is 19.9 Å². The first kappa shape index (κ1) is 17.4. The normalized spacial score (nSPS) is 25.8. The first-order chi connectivity index (χ1) is 11.5. The number of amides is 1. The van der Waals surface area contributed by atoms with Gasteiger partial charge < -0.3 is 9.42 Å². The summed E-state index contributed by atoms with van der Waals surface area (Å²) in [5, 5.41) is 4.03. The van der Waals surface area contributed by atoms with Crippen LogP contribution >= 0.6 is 0 Å². The van der Waals surface area contributed by atoms with E-state index in [1.807, 2.05) is 6.92 Å². The van der Waals surface area contributed by atoms with Gasteiger partial charge in [-0.15, -0.1) is 0 Å². The van der Waals surface area contributed by atoms with Crippen molar-refractivity contribution in [1.29, 1.82) is 0 Å². The average molecular weight is 334 g/mol. The Kier molecular flexibility index (Phi) is 5.23. The Bertz CT molecular complexity index is 571. The minimum Gasteiger partial charge on any atom is -0.342 e. The molecule has 2 fully saturated rings. The van der Waals surface area contributed by atoms with E-state index in [1.165, 1.54) is 12.8 Å². The minimum atomic E-state index is 0.252. The summed E-state index contributed by atoms with van der Waals surface area (Å²) in [6.45, 7) is 11.0. The molecule has 1 spiro atoms. The molecule has 0 bridgehead atoms. The molecular formula is C18H30N4O2. The molecule has 0 aromatic carbocycles. The maximum Gasteiger partial charge on any atom is 0.223 e. The first-order valence-corrected chi connectivity index (χ1v) is 9.25. The van der Waals surface area contributed by atoms with E-state index >= 15 is 0 Å². The zero-order valence-corrected chi connectivity index (χ0v) is 15.3. The van der Waals surface area contributed by atoms with E-state index in [2.05, 4.69) is 33.8 Å². The number of hydrogen-bond donors (Lipinski definition) is 0. The van der Waals surface area contributed by atoms with Crippen molar-refractivity contribution in [3.05, 3.63) is 11.7 Å². The molecule has 0 aliphatic carbocycles. The minimum absolute atomic E-state index is 0.252. The number of carbonyl (C=O) groups is 1. The van der Waals surface area contributed by atoms with Crippen LogP contribution in [0.2, 0.25) is 0 Å². The van der Waals surface area contributed by atoms with E-state index in [0.29, 0.717) is 24.1 Å². The molecule has 0 N–H and O–H groups in total. The zero-order chi connectivity index (χ0) is 17.2. The second-order valence-corrected chi connectivity index (χ2v) is 8.04. The van der Waals surface area contributed by atoms with Crippen molar-refractivity contribution in [2.24, 2.45) is 11.3 Å². The van der Waals surface area contributed by atoms with Gasteiger partial charge in [0, 0.05) is 38.4 Å². The number of hydrogen-bond acceptors (Lipinski definition) is 5. The van der Waals surface area contributed by atoms with Crippen molar-refractivity contribution in [3.63, 3.8) is 0 Å². The molecule has 6 heteroatoms. The summed E-state index contributed by atoms with van der Waals surface area (Å²) in [6, 6.07) is 0. The van der Waals surface area contributed by atoms with E-state index in [1.54, 1.807) is 0 Å². The molecular weight excluding hydrogens is 304 g/mol. The van der Waals surface area contributed by atoms with E-state index in [0.717, 1.165) is 51.4 Å². The van der Waals surface area contributed by atoms with Gasteiger partial charge in [0.05, 0.1) is 6.54 Å². The molecule has 2 aliphatic rings. The van der Waals surface area contributed by atoms with Crippen molar-refractivity contribution >= 4 is 5.91 Å². The van der Waals surface area contributed by atoms with E-state index < -0.39 is 0 Å². The van der Waals surface area contributed by atoms with Crippen LogP contribution in [-0.4, -0.2) is 52.0 Å². The van der Waals surface area contributed by atoms with Gasteiger partial charge in [-0.05, 0) is 38.1 Å². The summed E-state index contributed by atoms with van der Waals surface area (Å²) in [4.78, 5) is 21.2. The average Bonchev–Trinajstić information content (AvgIpc) is 2.94. The number of likely N-dealkylation sites (tertiary alicyclic amines) is 2. The summed E-state index contributed by atoms with van der Waals surface area (Å²) < 4.78 is 5.09. The molecule has 0 radical (unpaired) electrons. The van der Waals surface area contributed by atoms with Crippen LogP contribution in [0.3, 0.4) is 0 Å². The standard InChI is InChI=1S/C18H30N4O2/c1-14(2)6-10-22-13-18(8-5-17(22)23)7-4-9-21(12-18)11-16-19-15(3)24-20-16/h14H,4-13H2,1-3H3/t18-/m0/s1. The van der Waals surface area contributed by atoms with E-state index in [-0.39, 0.29) is 5.41 Å². The van der Waals surface area contributed by atoms with E-state index in [9.17, 15) is 4.79 Å². The molecule has 2 saturated heterocycles. The molecule has 1 aromatic heterocycles. The predicted octanol–water partition coefficient (Wildman–Crippen LogP) is 2.63. The lowest BCUT2D eigenvalue weighted by Gasteiger charge is -2.48. The van der Waals surface area contributed by atoms with Crippen LogP contribution in [0.15, 0.2) is 4.52 Å². The molecule has 1 atom stereocenters. The lowest BCUT2D eigenvalue weighted by molar-refractivity contribution is -0.139. The van der Waals surface area contributed by atoms with Crippen LogP contribution in [0.25, 0.3) is 0 Å². The van der Waals surface area contributed by atoms with Gasteiger partial charge in [-0.2, -0.15) is 4.98 Å². The Hall–Kier alpha value is -1.43. The van der Waals surface area contributed by atoms with Gasteiger partial charge in [0.1, 0.15) is 0 Å². The fourth-order valence-electron chi connectivity index (χ4n) is 4.10. The molecule has 1 amide bonds. The third-order valence-corrected chi connectivity index (χ3v) is 5.40. The molecule has 0 unspecified atom stereocenters. The lowest BCUT2D eigenvalue weighted by atomic mass is 9.73. The van der Waals surface area contributed by atoms with Crippen molar-refractivity contribution in [2.75, 3.05) is 26.2 Å². The fourth-order valence-corrected chi connectivity index (χ4v) is 4.10. The quantitative estimate of drug-likeness (QED) is 0.828. The van der Waals surface area contributed by atoms with Crippen LogP contribution in [0.4, 0.5) is 0 Å². The van der Waals surface area contributed by atoms with Crippen molar-refractivity contribution in [2.45, 2.75) is 59.4 Å². The monoisotopic (exact) mass is 334 g/mol. The lowest BCUT2D eigenvalue weighted by Crippen LogP contribution is -2.54. The third-order valence-electron chi connectivity index (χ3n) is 5.40. The molecule has 0 saturated carbocycles. The van der Waals surface area contributed by atoms with Gasteiger partial charge in [-0.3, -0.25) is 9.69 Å². The smallest absolute Gasteiger partial charge is 0.223 e. The summed E-state index contributed by atoms with van der Waals surface area (Å²) in [7, 11) is 0. The molecule has 3 rings (SSSR count). The zero-order valence-electron chi connectivity index (χ0n) is 15.3. The molecule has 24 heavy (non-hydrogen) atoms. The number of aryl methyl sites for hydroxylation is 1. The Labute approximate surface area is 144 Å². The first-order valence-electron chi connectivity index (χ1n) is 9.25. The highest BCUT2D eigenvalue weighted by molar-refractivity contribution is 5.77. The van der Waals surface area contributed by atoms with Gasteiger partial charge in [-0.1, -0.05) is 19.0 Å². The topological polar surface area (TPSA) is 62.5 Å². The third kappa shape index (κ3) is 4.15. The van der Waals surface area contributed by atoms with Gasteiger partial charge in [-0.25, -0.2) is 0 Å². The SMILES string of the molecule is Cc1nc(CN2CCC[C@]3(CCC(=O)N(CCC(C)C)C3)C2)no1.